The van der Waals surface area contributed by atoms with Gasteiger partial charge < -0.3 is 0 Å². The topological polar surface area (TPSA) is 41.8 Å². The number of nitrogens with zero attached hydrogens (tertiary/aromatic N) is 2. The normalized spacial score (nSPS) is 26.3. The number of carbonyl (C=O) groups excluding carboxylic acids is 1. The predicted molar refractivity (Wildman–Crippen MR) is 90.4 cm³/mol. The minimum atomic E-state index is -0.794. The summed E-state index contributed by atoms with van der Waals surface area (Å²) in [6.45, 7) is 0.525. The van der Waals surface area contributed by atoms with Crippen LogP contribution in [0.3, 0.4) is 0 Å². The fourth-order valence-electron chi connectivity index (χ4n) is 3.87. The molecule has 0 saturated carbocycles. The van der Waals surface area contributed by atoms with Crippen LogP contribution in [0.2, 0.25) is 5.02 Å². The van der Waals surface area contributed by atoms with Crippen molar-refractivity contribution < 1.29 is 4.79 Å². The molecule has 0 saturated heterocycles. The second-order valence-corrected chi connectivity index (χ2v) is 6.67. The maximum Gasteiger partial charge on any atom is 0.193 e. The van der Waals surface area contributed by atoms with Crippen LogP contribution in [0.15, 0.2) is 58.8 Å². The molecule has 3 nitrogen and oxygen atoms in total. The van der Waals surface area contributed by atoms with E-state index in [0.717, 1.165) is 36.0 Å². The highest BCUT2D eigenvalue weighted by Crippen LogP contribution is 2.46. The Kier molecular flexibility index (Phi) is 3.53. The Morgan fingerprint density at radius 3 is 2.74 bits per heavy atom. The molecule has 1 aliphatic carbocycles. The first-order valence-electron chi connectivity index (χ1n) is 7.98. The van der Waals surface area contributed by atoms with Crippen molar-refractivity contribution in [1.29, 1.82) is 0 Å². The molecule has 0 radical (unpaired) electrons. The number of halogens is 1. The number of hydrogen-bond donors (Lipinski definition) is 0. The third-order valence-electron chi connectivity index (χ3n) is 5.03. The fourth-order valence-corrected chi connectivity index (χ4v) is 4.13. The zero-order valence-corrected chi connectivity index (χ0v) is 13.5. The molecule has 0 fully saturated rings. The van der Waals surface area contributed by atoms with Crippen LogP contribution in [-0.2, 0) is 6.42 Å². The van der Waals surface area contributed by atoms with E-state index in [1.807, 2.05) is 48.5 Å². The largest absolute Gasteiger partial charge is 0.291 e. The maximum atomic E-state index is 13.4. The first-order valence-corrected chi connectivity index (χ1v) is 8.36. The highest BCUT2D eigenvalue weighted by Gasteiger charge is 2.51. The van der Waals surface area contributed by atoms with E-state index in [-0.39, 0.29) is 11.7 Å². The predicted octanol–water partition coefficient (Wildman–Crippen LogP) is 4.85. The molecule has 116 valence electrons. The quantitative estimate of drug-likeness (QED) is 0.739. The Labute approximate surface area is 140 Å². The summed E-state index contributed by atoms with van der Waals surface area (Å²) >= 11 is 6.40. The summed E-state index contributed by atoms with van der Waals surface area (Å²) in [7, 11) is 0. The van der Waals surface area contributed by atoms with E-state index in [0.29, 0.717) is 11.6 Å². The van der Waals surface area contributed by atoms with Gasteiger partial charge in [-0.15, -0.1) is 0 Å². The SMILES string of the molecule is O=C1c2ccccc2CCCC12N=NC[C@H]2c1ccccc1Cl. The number of azo groups is 1. The summed E-state index contributed by atoms with van der Waals surface area (Å²) in [5.74, 6) is 0.0200. The first-order chi connectivity index (χ1) is 11.2. The molecule has 2 aromatic carbocycles. The van der Waals surface area contributed by atoms with Gasteiger partial charge in [-0.05, 0) is 36.5 Å². The van der Waals surface area contributed by atoms with Gasteiger partial charge in [0.25, 0.3) is 0 Å². The summed E-state index contributed by atoms with van der Waals surface area (Å²) < 4.78 is 0. The summed E-state index contributed by atoms with van der Waals surface area (Å²) in [4.78, 5) is 13.4. The highest BCUT2D eigenvalue weighted by molar-refractivity contribution is 6.31. The lowest BCUT2D eigenvalue weighted by Gasteiger charge is -2.30. The van der Waals surface area contributed by atoms with Gasteiger partial charge in [-0.2, -0.15) is 10.2 Å². The van der Waals surface area contributed by atoms with E-state index in [1.54, 1.807) is 0 Å². The van der Waals surface area contributed by atoms with Crippen LogP contribution in [0.4, 0.5) is 0 Å². The van der Waals surface area contributed by atoms with E-state index in [4.69, 9.17) is 11.6 Å². The standard InChI is InChI=1S/C19H17ClN2O/c20-17-10-4-3-9-15(17)16-12-21-22-19(16)11-5-7-13-6-1-2-8-14(13)18(19)23/h1-4,6,8-10,16H,5,7,11-12H2/t16-,19?/m0/s1. The van der Waals surface area contributed by atoms with Crippen molar-refractivity contribution in [1.82, 2.24) is 0 Å². The van der Waals surface area contributed by atoms with Crippen LogP contribution >= 0.6 is 11.6 Å². The van der Waals surface area contributed by atoms with Gasteiger partial charge in [-0.25, -0.2) is 0 Å². The summed E-state index contributed by atoms with van der Waals surface area (Å²) in [5.41, 5.74) is 2.10. The zero-order chi connectivity index (χ0) is 15.9. The minimum Gasteiger partial charge on any atom is -0.291 e. The molecule has 4 rings (SSSR count). The van der Waals surface area contributed by atoms with Crippen LogP contribution in [0.1, 0.15) is 40.2 Å². The molecule has 0 amide bonds. The number of ketones is 1. The number of fused-ring (bicyclic) bond motifs is 1. The molecule has 1 spiro atoms. The Morgan fingerprint density at radius 1 is 1.09 bits per heavy atom. The van der Waals surface area contributed by atoms with Gasteiger partial charge in [0.2, 0.25) is 0 Å². The van der Waals surface area contributed by atoms with Gasteiger partial charge in [0.1, 0.15) is 0 Å². The van der Waals surface area contributed by atoms with Gasteiger partial charge in [0, 0.05) is 16.5 Å². The van der Waals surface area contributed by atoms with E-state index in [9.17, 15) is 4.79 Å². The lowest BCUT2D eigenvalue weighted by atomic mass is 9.74. The second-order valence-electron chi connectivity index (χ2n) is 6.26. The summed E-state index contributed by atoms with van der Waals surface area (Å²) in [6, 6.07) is 15.6. The number of hydrogen-bond acceptors (Lipinski definition) is 3. The number of Topliss-reactive ketones (excluding diaryl/α,β-unsaturated/α-hetero) is 1. The third kappa shape index (κ3) is 2.22. The molecule has 0 aromatic heterocycles. The molecule has 23 heavy (non-hydrogen) atoms. The molecule has 0 bridgehead atoms. The summed E-state index contributed by atoms with van der Waals surface area (Å²) in [6.07, 6.45) is 2.57. The van der Waals surface area contributed by atoms with Crippen LogP contribution < -0.4 is 0 Å². The van der Waals surface area contributed by atoms with Gasteiger partial charge in [-0.3, -0.25) is 4.79 Å². The van der Waals surface area contributed by atoms with Crippen molar-refractivity contribution in [2.75, 3.05) is 6.54 Å². The molecule has 1 heterocycles. The molecule has 2 aromatic rings. The highest BCUT2D eigenvalue weighted by atomic mass is 35.5. The maximum absolute atomic E-state index is 13.4. The fraction of sp³-hybridized carbons (Fsp3) is 0.316. The smallest absolute Gasteiger partial charge is 0.193 e. The van der Waals surface area contributed by atoms with Crippen LogP contribution in [0.5, 0.6) is 0 Å². The number of carbonyl (C=O) groups is 1. The summed E-state index contributed by atoms with van der Waals surface area (Å²) in [5, 5.41) is 9.44. The van der Waals surface area contributed by atoms with Gasteiger partial charge in [0.15, 0.2) is 11.3 Å². The molecule has 2 atom stereocenters. The molecule has 1 unspecified atom stereocenters. The van der Waals surface area contributed by atoms with Crippen molar-refractivity contribution in [3.63, 3.8) is 0 Å². The van der Waals surface area contributed by atoms with Crippen molar-refractivity contribution in [2.24, 2.45) is 10.2 Å². The van der Waals surface area contributed by atoms with Crippen molar-refractivity contribution >= 4 is 17.4 Å². The molecule has 1 aliphatic heterocycles. The minimum absolute atomic E-state index is 0.0742. The number of aryl methyl sites for hydroxylation is 1. The van der Waals surface area contributed by atoms with Crippen LogP contribution in [0, 0.1) is 0 Å². The molecule has 4 heteroatoms. The van der Waals surface area contributed by atoms with Crippen molar-refractivity contribution in [3.05, 3.63) is 70.2 Å². The van der Waals surface area contributed by atoms with Crippen LogP contribution in [-0.4, -0.2) is 17.9 Å². The Balaban J connectivity index is 1.84. The van der Waals surface area contributed by atoms with E-state index in [1.165, 1.54) is 0 Å². The Hall–Kier alpha value is -2.00. The monoisotopic (exact) mass is 324 g/mol. The second kappa shape index (κ2) is 5.57. The lowest BCUT2D eigenvalue weighted by Crippen LogP contribution is -2.41. The lowest BCUT2D eigenvalue weighted by molar-refractivity contribution is 0.0870. The zero-order valence-electron chi connectivity index (χ0n) is 12.7. The molecular formula is C19H17ClN2O. The van der Waals surface area contributed by atoms with Gasteiger partial charge in [-0.1, -0.05) is 54.1 Å². The van der Waals surface area contributed by atoms with E-state index < -0.39 is 5.54 Å². The van der Waals surface area contributed by atoms with E-state index >= 15 is 0 Å². The third-order valence-corrected chi connectivity index (χ3v) is 5.37. The van der Waals surface area contributed by atoms with Gasteiger partial charge in [0.05, 0.1) is 6.54 Å². The number of benzene rings is 2. The Morgan fingerprint density at radius 2 is 1.87 bits per heavy atom. The average molecular weight is 325 g/mol. The molecular weight excluding hydrogens is 308 g/mol. The Bertz CT molecular complexity index is 801. The van der Waals surface area contributed by atoms with Crippen molar-refractivity contribution in [3.8, 4) is 0 Å². The number of rotatable bonds is 1. The molecule has 2 aliphatic rings. The average Bonchev–Trinajstić information content (AvgIpc) is 2.93. The molecule has 0 N–H and O–H groups in total. The first kappa shape index (κ1) is 14.6. The van der Waals surface area contributed by atoms with Crippen LogP contribution in [0.25, 0.3) is 0 Å². The van der Waals surface area contributed by atoms with E-state index in [2.05, 4.69) is 10.2 Å². The van der Waals surface area contributed by atoms with Crippen molar-refractivity contribution in [2.45, 2.75) is 30.7 Å². The van der Waals surface area contributed by atoms with Gasteiger partial charge >= 0.3 is 0 Å².